The van der Waals surface area contributed by atoms with Gasteiger partial charge in [0.15, 0.2) is 10.2 Å². The van der Waals surface area contributed by atoms with E-state index in [0.717, 1.165) is 16.9 Å². The lowest BCUT2D eigenvalue weighted by Crippen LogP contribution is -2.16. The number of thiazole rings is 1. The Morgan fingerprint density at radius 1 is 1.10 bits per heavy atom. The summed E-state index contributed by atoms with van der Waals surface area (Å²) in [5, 5.41) is -0.0368. The molecule has 2 aromatic carbocycles. The lowest BCUT2D eigenvalue weighted by atomic mass is 10.1. The van der Waals surface area contributed by atoms with Crippen LogP contribution in [-0.4, -0.2) is 18.4 Å². The molecule has 0 spiro atoms. The third kappa shape index (κ3) is 4.39. The van der Waals surface area contributed by atoms with Gasteiger partial charge in [-0.1, -0.05) is 53.3 Å². The smallest absolute Gasteiger partial charge is 0.281 e. The van der Waals surface area contributed by atoms with Crippen molar-refractivity contribution >= 4 is 43.8 Å². The maximum Gasteiger partial charge on any atom is 0.281 e. The van der Waals surface area contributed by atoms with Crippen LogP contribution in [0.25, 0.3) is 21.7 Å². The lowest BCUT2D eigenvalue weighted by molar-refractivity contribution is 0.597. The van der Waals surface area contributed by atoms with Crippen molar-refractivity contribution in [2.45, 2.75) is 11.9 Å². The van der Waals surface area contributed by atoms with Crippen molar-refractivity contribution in [3.8, 4) is 21.7 Å². The fourth-order valence-corrected chi connectivity index (χ4v) is 5.58. The summed E-state index contributed by atoms with van der Waals surface area (Å²) in [6.07, 6.45) is 1.28. The van der Waals surface area contributed by atoms with Crippen LogP contribution in [0.4, 0.5) is 15.2 Å². The molecule has 31 heavy (non-hydrogen) atoms. The molecule has 4 rings (SSSR count). The minimum absolute atomic E-state index is 0.0478. The number of aryl methyl sites for hydroxylation is 1. The Hall–Kier alpha value is -3.01. The predicted molar refractivity (Wildman–Crippen MR) is 122 cm³/mol. The Labute approximate surface area is 187 Å². The van der Waals surface area contributed by atoms with Crippen LogP contribution < -0.4 is 10.5 Å². The van der Waals surface area contributed by atoms with E-state index in [4.69, 9.17) is 17.3 Å². The van der Waals surface area contributed by atoms with Crippen LogP contribution >= 0.6 is 22.9 Å². The zero-order valence-electron chi connectivity index (χ0n) is 16.1. The molecule has 0 aliphatic carbocycles. The van der Waals surface area contributed by atoms with Crippen LogP contribution in [0.15, 0.2) is 65.8 Å². The van der Waals surface area contributed by atoms with Crippen molar-refractivity contribution in [2.24, 2.45) is 0 Å². The Morgan fingerprint density at radius 2 is 1.84 bits per heavy atom. The quantitative estimate of drug-likeness (QED) is 0.406. The van der Waals surface area contributed by atoms with Crippen molar-refractivity contribution in [1.29, 1.82) is 0 Å². The van der Waals surface area contributed by atoms with Crippen molar-refractivity contribution in [3.63, 3.8) is 0 Å². The summed E-state index contributed by atoms with van der Waals surface area (Å²) in [5.41, 5.74) is 8.34. The lowest BCUT2D eigenvalue weighted by Gasteiger charge is -2.07. The van der Waals surface area contributed by atoms with Crippen LogP contribution in [0.1, 0.15) is 5.56 Å². The Balaban J connectivity index is 1.80. The number of pyridine rings is 1. The van der Waals surface area contributed by atoms with Gasteiger partial charge in [0.2, 0.25) is 0 Å². The number of hydrogen-bond acceptors (Lipinski definition) is 6. The van der Waals surface area contributed by atoms with E-state index in [-0.39, 0.29) is 15.2 Å². The molecule has 0 radical (unpaired) electrons. The first-order chi connectivity index (χ1) is 14.7. The van der Waals surface area contributed by atoms with Gasteiger partial charge < -0.3 is 5.73 Å². The van der Waals surface area contributed by atoms with Gasteiger partial charge in [-0.25, -0.2) is 14.4 Å². The number of halogens is 2. The molecule has 0 amide bonds. The molecule has 10 heteroatoms. The second kappa shape index (κ2) is 8.26. The van der Waals surface area contributed by atoms with Crippen LogP contribution in [0.3, 0.4) is 0 Å². The Bertz CT molecular complexity index is 1380. The number of hydrogen-bond donors (Lipinski definition) is 2. The molecule has 0 fully saturated rings. The van der Waals surface area contributed by atoms with Gasteiger partial charge in [0.05, 0.1) is 27.5 Å². The second-order valence-corrected chi connectivity index (χ2v) is 9.69. The predicted octanol–water partition coefficient (Wildman–Crippen LogP) is 5.36. The second-order valence-electron chi connectivity index (χ2n) is 6.69. The highest BCUT2D eigenvalue weighted by Gasteiger charge is 2.23. The first-order valence-electron chi connectivity index (χ1n) is 9.01. The fraction of sp³-hybridized carbons (Fsp3) is 0.0476. The van der Waals surface area contributed by atoms with Crippen molar-refractivity contribution < 1.29 is 12.8 Å². The maximum atomic E-state index is 13.7. The molecule has 158 valence electrons. The van der Waals surface area contributed by atoms with Gasteiger partial charge in [0.25, 0.3) is 10.0 Å². The van der Waals surface area contributed by atoms with Crippen LogP contribution in [0, 0.1) is 12.7 Å². The first-order valence-corrected chi connectivity index (χ1v) is 11.7. The highest BCUT2D eigenvalue weighted by Crippen LogP contribution is 2.40. The zero-order valence-corrected chi connectivity index (χ0v) is 18.5. The Morgan fingerprint density at radius 3 is 2.52 bits per heavy atom. The van der Waals surface area contributed by atoms with E-state index in [9.17, 15) is 12.8 Å². The third-order valence-corrected chi connectivity index (χ3v) is 7.22. The molecule has 0 saturated carbocycles. The minimum Gasteiger partial charge on any atom is -0.397 e. The normalized spacial score (nSPS) is 11.5. The minimum atomic E-state index is -4.00. The number of nitrogen functional groups attached to an aromatic ring is 1. The summed E-state index contributed by atoms with van der Waals surface area (Å²) in [7, 11) is -4.00. The number of anilines is 2. The number of benzene rings is 2. The number of nitrogens with zero attached hydrogens (tertiary/aromatic N) is 2. The molecule has 0 bridgehead atoms. The standard InChI is InChI=1S/C21H16ClFN4O2S2/c1-12-9-15(24)11-25-20(12)31(28,29)27-21-26-18(14-7-8-17(23)16(22)10-14)19(30-21)13-5-3-2-4-6-13/h2-11H,24H2,1H3,(H,26,27). The van der Waals surface area contributed by atoms with Gasteiger partial charge in [-0.2, -0.15) is 8.42 Å². The molecule has 0 saturated heterocycles. The summed E-state index contributed by atoms with van der Waals surface area (Å²) >= 11 is 7.11. The van der Waals surface area contributed by atoms with Crippen LogP contribution in [0.5, 0.6) is 0 Å². The zero-order chi connectivity index (χ0) is 22.2. The van der Waals surface area contributed by atoms with Crippen molar-refractivity contribution in [3.05, 3.63) is 77.2 Å². The molecule has 0 aliphatic heterocycles. The summed E-state index contributed by atoms with van der Waals surface area (Å²) in [5.74, 6) is -0.548. The van der Waals surface area contributed by atoms with Gasteiger partial charge >= 0.3 is 0 Å². The number of nitrogens with one attached hydrogen (secondary N) is 1. The molecular weight excluding hydrogens is 459 g/mol. The highest BCUT2D eigenvalue weighted by molar-refractivity contribution is 7.92. The highest BCUT2D eigenvalue weighted by atomic mass is 35.5. The number of sulfonamides is 1. The monoisotopic (exact) mass is 474 g/mol. The van der Waals surface area contributed by atoms with E-state index in [0.29, 0.717) is 27.4 Å². The molecule has 0 aliphatic rings. The SMILES string of the molecule is Cc1cc(N)cnc1S(=O)(=O)Nc1nc(-c2ccc(F)c(Cl)c2)c(-c2ccccc2)s1. The van der Waals surface area contributed by atoms with Crippen LogP contribution in [-0.2, 0) is 10.0 Å². The summed E-state index contributed by atoms with van der Waals surface area (Å²) in [6, 6.07) is 15.2. The largest absolute Gasteiger partial charge is 0.397 e. The molecule has 0 atom stereocenters. The summed E-state index contributed by atoms with van der Waals surface area (Å²) in [6.45, 7) is 1.61. The van der Waals surface area contributed by atoms with Crippen molar-refractivity contribution in [2.75, 3.05) is 10.5 Å². The molecule has 2 heterocycles. The molecule has 3 N–H and O–H groups in total. The topological polar surface area (TPSA) is 98.0 Å². The maximum absolute atomic E-state index is 13.7. The van der Waals surface area contributed by atoms with Gasteiger partial charge in [0.1, 0.15) is 5.82 Å². The van der Waals surface area contributed by atoms with Gasteiger partial charge in [-0.15, -0.1) is 0 Å². The van der Waals surface area contributed by atoms with Gasteiger partial charge in [0, 0.05) is 5.56 Å². The molecule has 2 aromatic heterocycles. The van der Waals surface area contributed by atoms with Crippen LogP contribution in [0.2, 0.25) is 5.02 Å². The Kier molecular flexibility index (Phi) is 5.65. The molecule has 6 nitrogen and oxygen atoms in total. The molecule has 4 aromatic rings. The average molecular weight is 475 g/mol. The van der Waals surface area contributed by atoms with Gasteiger partial charge in [-0.05, 0) is 42.3 Å². The third-order valence-electron chi connectivity index (χ3n) is 4.38. The van der Waals surface area contributed by atoms with Gasteiger partial charge in [-0.3, -0.25) is 4.72 Å². The van der Waals surface area contributed by atoms with E-state index in [1.807, 2.05) is 30.3 Å². The van der Waals surface area contributed by atoms with E-state index < -0.39 is 15.8 Å². The molecule has 0 unspecified atom stereocenters. The summed E-state index contributed by atoms with van der Waals surface area (Å²) < 4.78 is 42.0. The number of nitrogens with two attached hydrogens (primary N) is 1. The van der Waals surface area contributed by atoms with E-state index in [1.54, 1.807) is 13.0 Å². The van der Waals surface area contributed by atoms with E-state index in [1.165, 1.54) is 24.4 Å². The van der Waals surface area contributed by atoms with Crippen molar-refractivity contribution in [1.82, 2.24) is 9.97 Å². The summed E-state index contributed by atoms with van der Waals surface area (Å²) in [4.78, 5) is 9.15. The molecular formula is C21H16ClFN4O2S2. The number of rotatable bonds is 5. The van der Waals surface area contributed by atoms with E-state index >= 15 is 0 Å². The number of aromatic nitrogens is 2. The van der Waals surface area contributed by atoms with E-state index in [2.05, 4.69) is 14.7 Å². The first kappa shape index (κ1) is 21.2. The fourth-order valence-electron chi connectivity index (χ4n) is 3.02. The average Bonchev–Trinajstić information content (AvgIpc) is 3.13.